The number of nitrogens with zero attached hydrogens (tertiary/aromatic N) is 2. The van der Waals surface area contributed by atoms with Crippen LogP contribution in [-0.4, -0.2) is 41.6 Å². The number of amidine groups is 1. The number of benzene rings is 2. The summed E-state index contributed by atoms with van der Waals surface area (Å²) in [6.07, 6.45) is 4.39. The average molecular weight is 512 g/mol. The molecule has 0 unspecified atom stereocenters. The summed E-state index contributed by atoms with van der Waals surface area (Å²) in [7, 11) is 0. The first-order chi connectivity index (χ1) is 14.9. The molecule has 1 fully saturated rings. The molecule has 0 atom stereocenters. The number of halogens is 3. The highest BCUT2D eigenvalue weighted by Gasteiger charge is 2.42. The number of aromatic nitrogens is 1. The van der Waals surface area contributed by atoms with E-state index < -0.39 is 11.4 Å². The second kappa shape index (κ2) is 10.9. The molecule has 2 aromatic carbocycles. The third-order valence-corrected chi connectivity index (χ3v) is 6.33. The van der Waals surface area contributed by atoms with E-state index in [4.69, 9.17) is 27.5 Å². The highest BCUT2D eigenvalue weighted by Crippen LogP contribution is 2.38. The number of nitrogen functional groups attached to an aromatic ring is 1. The number of hydrogen-bond donors (Lipinski definition) is 3. The number of aliphatic carboxylic acids is 1. The van der Waals surface area contributed by atoms with Crippen LogP contribution >= 0.6 is 36.4 Å². The van der Waals surface area contributed by atoms with Crippen LogP contribution < -0.4 is 15.4 Å². The van der Waals surface area contributed by atoms with Gasteiger partial charge in [0.2, 0.25) is 0 Å². The molecular weight excluding hydrogens is 487 g/mol. The van der Waals surface area contributed by atoms with E-state index in [1.54, 1.807) is 30.6 Å². The van der Waals surface area contributed by atoms with Crippen LogP contribution in [0.1, 0.15) is 18.4 Å². The van der Waals surface area contributed by atoms with Crippen molar-refractivity contribution in [1.29, 1.82) is 5.41 Å². The summed E-state index contributed by atoms with van der Waals surface area (Å²) in [4.78, 5) is 18.4. The van der Waals surface area contributed by atoms with Crippen LogP contribution in [0.4, 0.5) is 5.69 Å². The van der Waals surface area contributed by atoms with Crippen molar-refractivity contribution in [2.24, 2.45) is 11.1 Å². The lowest BCUT2D eigenvalue weighted by Gasteiger charge is -2.39. The molecule has 0 bridgehead atoms. The van der Waals surface area contributed by atoms with Crippen LogP contribution in [0, 0.1) is 10.8 Å². The first kappa shape index (κ1) is 26.5. The van der Waals surface area contributed by atoms with E-state index in [2.05, 4.69) is 9.88 Å². The Kier molecular flexibility index (Phi) is 8.77. The van der Waals surface area contributed by atoms with Crippen molar-refractivity contribution in [1.82, 2.24) is 4.98 Å². The predicted molar refractivity (Wildman–Crippen MR) is 136 cm³/mol. The Balaban J connectivity index is 0.00000193. The average Bonchev–Trinajstić information content (AvgIpc) is 2.79. The van der Waals surface area contributed by atoms with Crippen molar-refractivity contribution in [2.75, 3.05) is 24.6 Å². The van der Waals surface area contributed by atoms with Gasteiger partial charge in [0.15, 0.2) is 0 Å². The molecule has 0 amide bonds. The molecule has 4 N–H and O–H groups in total. The van der Waals surface area contributed by atoms with Gasteiger partial charge in [0.25, 0.3) is 0 Å². The van der Waals surface area contributed by atoms with Crippen molar-refractivity contribution >= 4 is 64.7 Å². The monoisotopic (exact) mass is 510 g/mol. The Bertz CT molecular complexity index is 1140. The summed E-state index contributed by atoms with van der Waals surface area (Å²) in [6.45, 7) is 1.27. The molecule has 0 radical (unpaired) electrons. The van der Waals surface area contributed by atoms with E-state index in [9.17, 15) is 9.90 Å². The predicted octanol–water partition coefficient (Wildman–Crippen LogP) is 4.77. The molecule has 176 valence electrons. The summed E-state index contributed by atoms with van der Waals surface area (Å²) in [5, 5.41) is 19.6. The maximum absolute atomic E-state index is 12.2. The van der Waals surface area contributed by atoms with Gasteiger partial charge in [-0.3, -0.25) is 15.2 Å². The number of anilines is 1. The number of carboxylic acid groups (broad SMARTS) is 1. The molecule has 33 heavy (non-hydrogen) atoms. The van der Waals surface area contributed by atoms with Crippen LogP contribution in [-0.2, 0) is 4.79 Å². The molecule has 10 heteroatoms. The van der Waals surface area contributed by atoms with E-state index in [0.29, 0.717) is 47.7 Å². The lowest BCUT2D eigenvalue weighted by molar-refractivity contribution is -0.152. The zero-order valence-electron chi connectivity index (χ0n) is 17.7. The Hall–Kier alpha value is -2.74. The number of hydrogen-bond acceptors (Lipinski definition) is 5. The Morgan fingerprint density at radius 2 is 1.79 bits per heavy atom. The van der Waals surface area contributed by atoms with Crippen molar-refractivity contribution in [3.8, 4) is 5.75 Å². The minimum absolute atomic E-state index is 0. The zero-order chi connectivity index (χ0) is 22.0. The quantitative estimate of drug-likeness (QED) is 0.325. The number of carboxylic acids is 1. The van der Waals surface area contributed by atoms with Crippen molar-refractivity contribution in [2.45, 2.75) is 12.8 Å². The third-order valence-electron chi connectivity index (χ3n) is 5.94. The van der Waals surface area contributed by atoms with Crippen molar-refractivity contribution in [3.05, 3.63) is 65.4 Å². The van der Waals surface area contributed by atoms with Gasteiger partial charge in [-0.05, 0) is 42.5 Å². The first-order valence-electron chi connectivity index (χ1n) is 9.97. The number of ether oxygens (including phenoxy) is 1. The molecule has 7 nitrogen and oxygen atoms in total. The van der Waals surface area contributed by atoms with Gasteiger partial charge in [0.05, 0.1) is 5.02 Å². The summed E-state index contributed by atoms with van der Waals surface area (Å²) in [5.41, 5.74) is 6.21. The largest absolute Gasteiger partial charge is 0.491 e. The number of nitrogens with two attached hydrogens (primary N) is 1. The van der Waals surface area contributed by atoms with Gasteiger partial charge < -0.3 is 20.5 Å². The molecule has 2 heterocycles. The highest BCUT2D eigenvalue weighted by molar-refractivity contribution is 6.37. The molecule has 0 aliphatic carbocycles. The van der Waals surface area contributed by atoms with Crippen LogP contribution in [0.25, 0.3) is 10.8 Å². The van der Waals surface area contributed by atoms with E-state index in [1.165, 1.54) is 0 Å². The molecule has 0 spiro atoms. The van der Waals surface area contributed by atoms with E-state index >= 15 is 0 Å². The summed E-state index contributed by atoms with van der Waals surface area (Å²) < 4.78 is 5.96. The van der Waals surface area contributed by atoms with Crippen LogP contribution in [0.5, 0.6) is 5.75 Å². The Morgan fingerprint density at radius 3 is 2.39 bits per heavy atom. The fourth-order valence-electron chi connectivity index (χ4n) is 3.93. The number of pyridine rings is 1. The van der Waals surface area contributed by atoms with Gasteiger partial charge in [-0.1, -0.05) is 29.8 Å². The van der Waals surface area contributed by atoms with Crippen LogP contribution in [0.15, 0.2) is 54.9 Å². The van der Waals surface area contributed by atoms with Crippen molar-refractivity contribution in [3.63, 3.8) is 0 Å². The smallest absolute Gasteiger partial charge is 0.313 e. The van der Waals surface area contributed by atoms with Gasteiger partial charge in [0, 0.05) is 42.1 Å². The van der Waals surface area contributed by atoms with Gasteiger partial charge in [-0.15, -0.1) is 24.8 Å². The summed E-state index contributed by atoms with van der Waals surface area (Å²) in [6, 6.07) is 12.8. The third kappa shape index (κ3) is 5.43. The number of fused-ring (bicyclic) bond motifs is 1. The molecule has 1 aliphatic heterocycles. The number of piperidine rings is 1. The first-order valence-corrected chi connectivity index (χ1v) is 10.4. The standard InChI is InChI=1S/C23H23ClN4O3.2ClH/c24-20-18-13-16(21(25)26)2-1-15(18)3-4-19(20)31-14-23(22(29)30)7-11-28(12-8-23)17-5-9-27-10-6-17;;/h1-6,9-10,13H,7-8,11-12,14H2,(H3,25,26)(H,29,30);2*1H. The van der Waals surface area contributed by atoms with E-state index in [1.807, 2.05) is 24.3 Å². The lowest BCUT2D eigenvalue weighted by Crippen LogP contribution is -2.47. The Morgan fingerprint density at radius 1 is 1.15 bits per heavy atom. The fourth-order valence-corrected chi connectivity index (χ4v) is 4.21. The normalized spacial score (nSPS) is 14.6. The zero-order valence-corrected chi connectivity index (χ0v) is 20.1. The van der Waals surface area contributed by atoms with E-state index in [-0.39, 0.29) is 37.3 Å². The number of nitrogens with one attached hydrogen (secondary N) is 1. The molecular formula is C23H25Cl3N4O3. The van der Waals surface area contributed by atoms with Gasteiger partial charge in [-0.2, -0.15) is 0 Å². The minimum atomic E-state index is -0.983. The topological polar surface area (TPSA) is 113 Å². The minimum Gasteiger partial charge on any atom is -0.491 e. The van der Waals surface area contributed by atoms with E-state index in [0.717, 1.165) is 11.1 Å². The molecule has 0 saturated carbocycles. The number of carbonyl (C=O) groups is 1. The maximum atomic E-state index is 12.2. The molecule has 1 aliphatic rings. The molecule has 4 rings (SSSR count). The van der Waals surface area contributed by atoms with Gasteiger partial charge >= 0.3 is 5.97 Å². The second-order valence-electron chi connectivity index (χ2n) is 7.79. The Labute approximate surface area is 209 Å². The van der Waals surface area contributed by atoms with Crippen LogP contribution in [0.2, 0.25) is 5.02 Å². The SMILES string of the molecule is Cl.Cl.N=C(N)c1ccc2ccc(OCC3(C(=O)O)CCN(c4ccncc4)CC3)c(Cl)c2c1. The lowest BCUT2D eigenvalue weighted by atomic mass is 9.79. The summed E-state index contributed by atoms with van der Waals surface area (Å²) >= 11 is 6.57. The molecule has 3 aromatic rings. The molecule has 1 aromatic heterocycles. The molecule has 1 saturated heterocycles. The highest BCUT2D eigenvalue weighted by atomic mass is 35.5. The summed E-state index contributed by atoms with van der Waals surface area (Å²) in [5.74, 6) is -0.486. The van der Waals surface area contributed by atoms with Crippen molar-refractivity contribution < 1.29 is 14.6 Å². The second-order valence-corrected chi connectivity index (χ2v) is 8.17. The van der Waals surface area contributed by atoms with Gasteiger partial charge in [0.1, 0.15) is 23.6 Å². The van der Waals surface area contributed by atoms with Gasteiger partial charge in [-0.25, -0.2) is 0 Å². The maximum Gasteiger partial charge on any atom is 0.313 e. The fraction of sp³-hybridized carbons (Fsp3) is 0.261. The number of rotatable bonds is 6. The van der Waals surface area contributed by atoms with Crippen LogP contribution in [0.3, 0.4) is 0 Å².